The van der Waals surface area contributed by atoms with E-state index >= 15 is 0 Å². The van der Waals surface area contributed by atoms with Crippen LogP contribution in [0, 0.1) is 13.8 Å². The van der Waals surface area contributed by atoms with E-state index in [1.54, 1.807) is 13.8 Å². The van der Waals surface area contributed by atoms with Crippen LogP contribution in [-0.2, 0) is 9.05 Å². The Kier molecular flexibility index (Phi) is 4.27. The molecule has 0 atom stereocenters. The van der Waals surface area contributed by atoms with Gasteiger partial charge in [0.05, 0.1) is 15.6 Å². The Balaban J connectivity index is 2.35. The Morgan fingerprint density at radius 2 is 1.95 bits per heavy atom. The maximum absolute atomic E-state index is 12.0. The Morgan fingerprint density at radius 1 is 1.29 bits per heavy atom. The molecule has 9 heteroatoms. The molecule has 1 aromatic heterocycles. The van der Waals surface area contributed by atoms with Crippen LogP contribution in [0.1, 0.15) is 21.8 Å². The van der Waals surface area contributed by atoms with Gasteiger partial charge in [-0.15, -0.1) is 0 Å². The van der Waals surface area contributed by atoms with Crippen LogP contribution in [0.3, 0.4) is 0 Å². The molecule has 0 aliphatic heterocycles. The third-order valence-electron chi connectivity index (χ3n) is 2.64. The zero-order valence-electron chi connectivity index (χ0n) is 11.0. The predicted molar refractivity (Wildman–Crippen MR) is 78.4 cm³/mol. The molecule has 0 aliphatic carbocycles. The number of carbonyl (C=O) groups excluding carboxylic acids is 1. The molecule has 0 unspecified atom stereocenters. The molecule has 2 rings (SSSR count). The van der Waals surface area contributed by atoms with Crippen molar-refractivity contribution in [2.45, 2.75) is 18.7 Å². The largest absolute Gasteiger partial charge is 0.361 e. The highest BCUT2D eigenvalue weighted by Gasteiger charge is 2.18. The molecule has 1 aromatic carbocycles. The second-order valence-corrected chi connectivity index (χ2v) is 7.28. The zero-order chi connectivity index (χ0) is 15.8. The quantitative estimate of drug-likeness (QED) is 0.860. The maximum Gasteiger partial charge on any atom is 0.277 e. The third-order valence-corrected chi connectivity index (χ3v) is 4.27. The Morgan fingerprint density at radius 3 is 2.43 bits per heavy atom. The van der Waals surface area contributed by atoms with Crippen molar-refractivity contribution in [2.75, 3.05) is 5.32 Å². The maximum atomic E-state index is 12.0. The lowest BCUT2D eigenvalue weighted by Crippen LogP contribution is -2.13. The van der Waals surface area contributed by atoms with Crippen molar-refractivity contribution in [3.63, 3.8) is 0 Å². The van der Waals surface area contributed by atoms with Crippen LogP contribution >= 0.6 is 22.3 Å². The summed E-state index contributed by atoms with van der Waals surface area (Å²) in [6, 6.07) is 3.95. The number of anilines is 1. The summed E-state index contributed by atoms with van der Waals surface area (Å²) >= 11 is 6.00. The van der Waals surface area contributed by atoms with E-state index in [1.807, 2.05) is 0 Å². The molecule has 1 heterocycles. The molecule has 0 saturated carbocycles. The molecule has 0 bridgehead atoms. The number of rotatable bonds is 3. The summed E-state index contributed by atoms with van der Waals surface area (Å²) in [5.41, 5.74) is 0.832. The molecule has 0 fully saturated rings. The van der Waals surface area contributed by atoms with E-state index in [4.69, 9.17) is 26.8 Å². The van der Waals surface area contributed by atoms with E-state index in [9.17, 15) is 13.2 Å². The SMILES string of the molecule is Cc1cc(C(=O)Nc2c(C)cc(S(=O)(=O)Cl)cc2Cl)no1. The second-order valence-electron chi connectivity index (χ2n) is 4.31. The monoisotopic (exact) mass is 348 g/mol. The second kappa shape index (κ2) is 5.67. The summed E-state index contributed by atoms with van der Waals surface area (Å²) in [5, 5.41) is 6.19. The Hall–Kier alpha value is -1.57. The van der Waals surface area contributed by atoms with Crippen molar-refractivity contribution in [3.8, 4) is 0 Å². The molecule has 0 saturated heterocycles. The lowest BCUT2D eigenvalue weighted by Gasteiger charge is -2.10. The van der Waals surface area contributed by atoms with Gasteiger partial charge in [0.25, 0.3) is 15.0 Å². The number of aryl methyl sites for hydroxylation is 2. The highest BCUT2D eigenvalue weighted by Crippen LogP contribution is 2.31. The van der Waals surface area contributed by atoms with Gasteiger partial charge in [0.15, 0.2) is 5.69 Å². The standard InChI is InChI=1S/C12H10Cl2N2O4S/c1-6-3-8(21(14,18)19)5-9(13)11(6)15-12(17)10-4-7(2)20-16-10/h3-5H,1-2H3,(H,15,17). The normalized spacial score (nSPS) is 11.4. The van der Waals surface area contributed by atoms with Gasteiger partial charge in [0.2, 0.25) is 0 Å². The summed E-state index contributed by atoms with van der Waals surface area (Å²) in [4.78, 5) is 11.8. The highest BCUT2D eigenvalue weighted by molar-refractivity contribution is 8.13. The van der Waals surface area contributed by atoms with Crippen molar-refractivity contribution in [2.24, 2.45) is 0 Å². The number of hydrogen-bond acceptors (Lipinski definition) is 5. The summed E-state index contributed by atoms with van der Waals surface area (Å²) in [5.74, 6) is -0.0233. The molecule has 0 aliphatic rings. The van der Waals surface area contributed by atoms with Crippen molar-refractivity contribution < 1.29 is 17.7 Å². The van der Waals surface area contributed by atoms with Gasteiger partial charge < -0.3 is 9.84 Å². The number of halogens is 2. The summed E-state index contributed by atoms with van der Waals surface area (Å²) in [7, 11) is 1.37. The summed E-state index contributed by atoms with van der Waals surface area (Å²) in [6.07, 6.45) is 0. The highest BCUT2D eigenvalue weighted by atomic mass is 35.7. The van der Waals surface area contributed by atoms with Crippen LogP contribution in [0.15, 0.2) is 27.6 Å². The van der Waals surface area contributed by atoms with Gasteiger partial charge in [-0.25, -0.2) is 8.42 Å². The number of hydrogen-bond donors (Lipinski definition) is 1. The average molecular weight is 349 g/mol. The first-order valence-corrected chi connectivity index (χ1v) is 8.36. The first-order chi connectivity index (χ1) is 9.68. The molecule has 1 N–H and O–H groups in total. The molecular formula is C12H10Cl2N2O4S. The van der Waals surface area contributed by atoms with E-state index in [1.165, 1.54) is 18.2 Å². The van der Waals surface area contributed by atoms with Crippen molar-refractivity contribution in [3.05, 3.63) is 40.2 Å². The van der Waals surface area contributed by atoms with E-state index < -0.39 is 15.0 Å². The van der Waals surface area contributed by atoms with Gasteiger partial charge in [0.1, 0.15) is 5.76 Å². The van der Waals surface area contributed by atoms with Gasteiger partial charge >= 0.3 is 0 Å². The van der Waals surface area contributed by atoms with Gasteiger partial charge in [-0.1, -0.05) is 16.8 Å². The number of nitrogens with zero attached hydrogens (tertiary/aromatic N) is 1. The lowest BCUT2D eigenvalue weighted by atomic mass is 10.2. The van der Waals surface area contributed by atoms with E-state index in [0.29, 0.717) is 11.3 Å². The van der Waals surface area contributed by atoms with Crippen LogP contribution < -0.4 is 5.32 Å². The molecule has 21 heavy (non-hydrogen) atoms. The van der Waals surface area contributed by atoms with Crippen molar-refractivity contribution >= 4 is 42.9 Å². The fourth-order valence-electron chi connectivity index (χ4n) is 1.66. The molecule has 0 radical (unpaired) electrons. The molecule has 0 spiro atoms. The van der Waals surface area contributed by atoms with E-state index in [-0.39, 0.29) is 21.3 Å². The number of amides is 1. The number of carbonyl (C=O) groups is 1. The average Bonchev–Trinajstić information content (AvgIpc) is 2.79. The van der Waals surface area contributed by atoms with Gasteiger partial charge in [0, 0.05) is 16.7 Å². The Labute approximate surface area is 130 Å². The molecular weight excluding hydrogens is 339 g/mol. The minimum atomic E-state index is -3.89. The number of nitrogens with one attached hydrogen (secondary N) is 1. The van der Waals surface area contributed by atoms with Crippen molar-refractivity contribution in [1.29, 1.82) is 0 Å². The third kappa shape index (κ3) is 3.55. The van der Waals surface area contributed by atoms with Gasteiger partial charge in [-0.3, -0.25) is 4.79 Å². The predicted octanol–water partition coefficient (Wildman–Crippen LogP) is 3.12. The van der Waals surface area contributed by atoms with Gasteiger partial charge in [-0.05, 0) is 31.5 Å². The van der Waals surface area contributed by atoms with Crippen LogP contribution in [0.4, 0.5) is 5.69 Å². The minimum Gasteiger partial charge on any atom is -0.361 e. The lowest BCUT2D eigenvalue weighted by molar-refractivity contribution is 0.101. The van der Waals surface area contributed by atoms with Crippen LogP contribution in [0.5, 0.6) is 0 Å². The molecule has 112 valence electrons. The van der Waals surface area contributed by atoms with E-state index in [0.717, 1.165) is 0 Å². The van der Waals surface area contributed by atoms with Crippen LogP contribution in [-0.4, -0.2) is 19.5 Å². The zero-order valence-corrected chi connectivity index (χ0v) is 13.3. The summed E-state index contributed by atoms with van der Waals surface area (Å²) in [6.45, 7) is 3.25. The fourth-order valence-corrected chi connectivity index (χ4v) is 2.88. The van der Waals surface area contributed by atoms with Crippen molar-refractivity contribution in [1.82, 2.24) is 5.16 Å². The number of aromatic nitrogens is 1. The van der Waals surface area contributed by atoms with E-state index in [2.05, 4.69) is 10.5 Å². The van der Waals surface area contributed by atoms with Crippen LogP contribution in [0.2, 0.25) is 5.02 Å². The fraction of sp³-hybridized carbons (Fsp3) is 0.167. The topological polar surface area (TPSA) is 89.3 Å². The number of benzene rings is 1. The molecule has 6 nitrogen and oxygen atoms in total. The van der Waals surface area contributed by atoms with Gasteiger partial charge in [-0.2, -0.15) is 0 Å². The van der Waals surface area contributed by atoms with Crippen LogP contribution in [0.25, 0.3) is 0 Å². The Bertz CT molecular complexity index is 791. The first-order valence-electron chi connectivity index (χ1n) is 5.68. The molecule has 1 amide bonds. The first kappa shape index (κ1) is 15.8. The summed E-state index contributed by atoms with van der Waals surface area (Å²) < 4.78 is 27.4. The molecule has 2 aromatic rings. The smallest absolute Gasteiger partial charge is 0.277 e. The minimum absolute atomic E-state index is 0.0581.